The first kappa shape index (κ1) is 19.7. The normalized spacial score (nSPS) is 12.9. The van der Waals surface area contributed by atoms with Crippen LogP contribution in [0.1, 0.15) is 17.7 Å². The molecule has 6 heteroatoms. The second-order valence-corrected chi connectivity index (χ2v) is 8.19. The molecule has 0 amide bonds. The molecule has 5 rings (SSSR count). The van der Waals surface area contributed by atoms with Crippen molar-refractivity contribution >= 4 is 57.1 Å². The molecule has 1 aliphatic rings. The minimum Gasteiger partial charge on any atom is -0.423 e. The number of benzene rings is 3. The molecule has 0 spiro atoms. The Morgan fingerprint density at radius 1 is 0.774 bits per heavy atom. The van der Waals surface area contributed by atoms with Crippen molar-refractivity contribution in [2.24, 2.45) is 0 Å². The highest BCUT2D eigenvalue weighted by Crippen LogP contribution is 2.33. The Balaban J connectivity index is 1.50. The van der Waals surface area contributed by atoms with Crippen molar-refractivity contribution in [2.45, 2.75) is 12.8 Å². The van der Waals surface area contributed by atoms with Gasteiger partial charge in [-0.15, -0.1) is 0 Å². The van der Waals surface area contributed by atoms with Crippen molar-refractivity contribution in [1.82, 2.24) is 0 Å². The lowest BCUT2D eigenvalue weighted by molar-refractivity contribution is 0.499. The van der Waals surface area contributed by atoms with Gasteiger partial charge in [-0.05, 0) is 54.6 Å². The molecule has 0 bridgehead atoms. The lowest BCUT2D eigenvalue weighted by Gasteiger charge is -2.19. The van der Waals surface area contributed by atoms with Gasteiger partial charge in [0.15, 0.2) is 0 Å². The van der Waals surface area contributed by atoms with Crippen LogP contribution in [0.25, 0.3) is 16.8 Å². The Morgan fingerprint density at radius 2 is 1.45 bits per heavy atom. The maximum Gasteiger partial charge on any atom is 0.344 e. The maximum atomic E-state index is 12.8. The first-order valence-electron chi connectivity index (χ1n) is 9.92. The van der Waals surface area contributed by atoms with Gasteiger partial charge in [-0.3, -0.25) is 0 Å². The Kier molecular flexibility index (Phi) is 5.18. The van der Waals surface area contributed by atoms with Gasteiger partial charge < -0.3 is 15.1 Å². The summed E-state index contributed by atoms with van der Waals surface area (Å²) in [5.74, 6) is 0.588. The average Bonchev–Trinajstić information content (AvgIpc) is 2.77. The van der Waals surface area contributed by atoms with E-state index in [1.165, 1.54) is 0 Å². The summed E-state index contributed by atoms with van der Waals surface area (Å²) in [6.45, 7) is 0. The fourth-order valence-electron chi connectivity index (χ4n) is 3.82. The Morgan fingerprint density at radius 3 is 2.16 bits per heavy atom. The number of aryl methyl sites for hydroxylation is 1. The smallest absolute Gasteiger partial charge is 0.344 e. The number of fused-ring (bicyclic) bond motifs is 3. The summed E-state index contributed by atoms with van der Waals surface area (Å²) in [5.41, 5.74) is 4.01. The van der Waals surface area contributed by atoms with E-state index >= 15 is 0 Å². The zero-order valence-electron chi connectivity index (χ0n) is 16.4. The molecule has 3 aromatic carbocycles. The molecule has 1 heterocycles. The molecule has 0 fully saturated rings. The average molecular weight is 449 g/mol. The van der Waals surface area contributed by atoms with Crippen molar-refractivity contribution in [3.05, 3.63) is 104 Å². The molecule has 4 aromatic rings. The summed E-state index contributed by atoms with van der Waals surface area (Å²) in [4.78, 5) is 12.8. The Labute approximate surface area is 189 Å². The van der Waals surface area contributed by atoms with E-state index in [-0.39, 0.29) is 5.63 Å². The van der Waals surface area contributed by atoms with Crippen LogP contribution in [0.4, 0.5) is 17.1 Å². The topological polar surface area (TPSA) is 54.3 Å². The van der Waals surface area contributed by atoms with E-state index in [0.29, 0.717) is 21.2 Å². The van der Waals surface area contributed by atoms with Gasteiger partial charge in [0, 0.05) is 23.0 Å². The van der Waals surface area contributed by atoms with E-state index in [9.17, 15) is 4.79 Å². The molecule has 2 N–H and O–H groups in total. The fraction of sp³-hybridized carbons (Fsp3) is 0.0800. The van der Waals surface area contributed by atoms with Crippen molar-refractivity contribution < 1.29 is 4.42 Å². The monoisotopic (exact) mass is 448 g/mol. The lowest BCUT2D eigenvalue weighted by atomic mass is 9.95. The molecule has 0 saturated carbocycles. The van der Waals surface area contributed by atoms with Gasteiger partial charge in [0.05, 0.1) is 26.8 Å². The van der Waals surface area contributed by atoms with Gasteiger partial charge in [0.2, 0.25) is 0 Å². The summed E-state index contributed by atoms with van der Waals surface area (Å²) in [6.07, 6.45) is 3.44. The number of hydrogen-bond donors (Lipinski definition) is 2. The van der Waals surface area contributed by atoms with E-state index in [1.54, 1.807) is 0 Å². The molecular weight excluding hydrogens is 431 g/mol. The van der Waals surface area contributed by atoms with Gasteiger partial charge >= 0.3 is 5.63 Å². The molecular formula is C25H18Cl2N2O2. The molecule has 0 atom stereocenters. The third kappa shape index (κ3) is 3.92. The number of anilines is 3. The van der Waals surface area contributed by atoms with Crippen LogP contribution in [0, 0.1) is 0 Å². The molecule has 0 radical (unpaired) electrons. The van der Waals surface area contributed by atoms with Crippen molar-refractivity contribution in [3.63, 3.8) is 0 Å². The van der Waals surface area contributed by atoms with Crippen LogP contribution in [0.15, 0.2) is 81.6 Å². The largest absolute Gasteiger partial charge is 0.423 e. The number of hydrogen-bond acceptors (Lipinski definition) is 4. The fourth-order valence-corrected chi connectivity index (χ4v) is 4.19. The molecule has 31 heavy (non-hydrogen) atoms. The maximum absolute atomic E-state index is 12.8. The van der Waals surface area contributed by atoms with Gasteiger partial charge in [-0.1, -0.05) is 53.5 Å². The van der Waals surface area contributed by atoms with Gasteiger partial charge in [0.25, 0.3) is 0 Å². The molecule has 154 valence electrons. The highest BCUT2D eigenvalue weighted by atomic mass is 35.5. The van der Waals surface area contributed by atoms with Crippen LogP contribution >= 0.6 is 23.2 Å². The van der Waals surface area contributed by atoms with E-state index < -0.39 is 0 Å². The predicted molar refractivity (Wildman–Crippen MR) is 129 cm³/mol. The molecule has 0 aliphatic heterocycles. The van der Waals surface area contributed by atoms with E-state index in [0.717, 1.165) is 46.6 Å². The second-order valence-electron chi connectivity index (χ2n) is 7.37. The van der Waals surface area contributed by atoms with Crippen LogP contribution in [0.5, 0.6) is 0 Å². The van der Waals surface area contributed by atoms with Crippen LogP contribution in [0.2, 0.25) is 10.0 Å². The zero-order chi connectivity index (χ0) is 21.4. The summed E-state index contributed by atoms with van der Waals surface area (Å²) in [5, 5.41) is 9.32. The third-order valence-corrected chi connectivity index (χ3v) is 6.00. The minimum atomic E-state index is -0.369. The van der Waals surface area contributed by atoms with Gasteiger partial charge in [0.1, 0.15) is 5.76 Å². The second kappa shape index (κ2) is 8.14. The highest BCUT2D eigenvalue weighted by molar-refractivity contribution is 6.33. The molecule has 1 aromatic heterocycles. The summed E-state index contributed by atoms with van der Waals surface area (Å²) in [7, 11) is 0. The van der Waals surface area contributed by atoms with Crippen LogP contribution in [-0.2, 0) is 6.42 Å². The number of halogens is 2. The van der Waals surface area contributed by atoms with E-state index in [4.69, 9.17) is 27.6 Å². The summed E-state index contributed by atoms with van der Waals surface area (Å²) in [6, 6.07) is 20.8. The van der Waals surface area contributed by atoms with E-state index in [2.05, 4.69) is 10.6 Å². The Hall–Kier alpha value is -3.21. The number of allylic oxidation sites excluding steroid dienone is 1. The lowest BCUT2D eigenvalue weighted by Crippen LogP contribution is -2.11. The van der Waals surface area contributed by atoms with Gasteiger partial charge in [-0.25, -0.2) is 4.79 Å². The molecule has 0 saturated heterocycles. The standard InChI is InChI=1S/C25H18Cl2N2O2/c26-20-5-1-3-7-22(20)28-15-9-11-17-18-12-10-16(29-23-8-4-2-6-21(23)27)14-24(18)31-25(30)19(17)13-15/h1-9,11,13-14,28-29H,10,12H2. The minimum absolute atomic E-state index is 0.369. The number of nitrogens with one attached hydrogen (secondary N) is 2. The quantitative estimate of drug-likeness (QED) is 0.345. The predicted octanol–water partition coefficient (Wildman–Crippen LogP) is 7.24. The SMILES string of the molecule is O=c1oc2c(c3ccc(Nc4ccccc4Cl)cc13)CCC(Nc1ccccc1Cl)=C2. The first-order chi connectivity index (χ1) is 15.1. The van der Waals surface area contributed by atoms with Crippen molar-refractivity contribution in [3.8, 4) is 0 Å². The Bertz CT molecular complexity index is 1390. The molecule has 0 unspecified atom stereocenters. The number of rotatable bonds is 4. The van der Waals surface area contributed by atoms with Crippen LogP contribution in [-0.4, -0.2) is 0 Å². The molecule has 4 nitrogen and oxygen atoms in total. The molecule has 1 aliphatic carbocycles. The van der Waals surface area contributed by atoms with Crippen molar-refractivity contribution in [2.75, 3.05) is 10.6 Å². The summed E-state index contributed by atoms with van der Waals surface area (Å²) < 4.78 is 5.68. The van der Waals surface area contributed by atoms with Gasteiger partial charge in [-0.2, -0.15) is 0 Å². The highest BCUT2D eigenvalue weighted by Gasteiger charge is 2.18. The van der Waals surface area contributed by atoms with Crippen molar-refractivity contribution in [1.29, 1.82) is 0 Å². The number of para-hydroxylation sites is 2. The third-order valence-electron chi connectivity index (χ3n) is 5.34. The first-order valence-corrected chi connectivity index (χ1v) is 10.7. The van der Waals surface area contributed by atoms with E-state index in [1.807, 2.05) is 72.8 Å². The van der Waals surface area contributed by atoms with Crippen LogP contribution in [0.3, 0.4) is 0 Å². The zero-order valence-corrected chi connectivity index (χ0v) is 17.9. The summed E-state index contributed by atoms with van der Waals surface area (Å²) >= 11 is 12.5. The van der Waals surface area contributed by atoms with Crippen LogP contribution < -0.4 is 16.3 Å².